The number of benzene rings is 3. The van der Waals surface area contributed by atoms with E-state index in [-0.39, 0.29) is 6.04 Å². The van der Waals surface area contributed by atoms with Gasteiger partial charge in [0.15, 0.2) is 0 Å². The number of methoxy groups -OCH3 is 1. The molecule has 5 nitrogen and oxygen atoms in total. The monoisotopic (exact) mass is 422 g/mol. The Labute approximate surface area is 188 Å². The van der Waals surface area contributed by atoms with Crippen LogP contribution in [0.2, 0.25) is 0 Å². The van der Waals surface area contributed by atoms with Gasteiger partial charge in [0.05, 0.1) is 30.2 Å². The third kappa shape index (κ3) is 3.89. The Kier molecular flexibility index (Phi) is 5.23. The number of hydrogen-bond donors (Lipinski definition) is 1. The number of nitrogens with one attached hydrogen (secondary N) is 1. The molecule has 32 heavy (non-hydrogen) atoms. The van der Waals surface area contributed by atoms with Crippen molar-refractivity contribution in [3.8, 4) is 22.7 Å². The molecule has 0 radical (unpaired) electrons. The third-order valence-corrected chi connectivity index (χ3v) is 5.92. The number of ether oxygens (including phenoxy) is 1. The molecule has 1 aromatic heterocycles. The number of hydrazone groups is 1. The van der Waals surface area contributed by atoms with Gasteiger partial charge in [0.2, 0.25) is 0 Å². The zero-order valence-electron chi connectivity index (χ0n) is 18.5. The van der Waals surface area contributed by atoms with Crippen LogP contribution in [0.1, 0.15) is 34.7 Å². The van der Waals surface area contributed by atoms with Crippen molar-refractivity contribution in [2.45, 2.75) is 26.3 Å². The zero-order chi connectivity index (χ0) is 22.1. The molecule has 0 amide bonds. The highest BCUT2D eigenvalue weighted by molar-refractivity contribution is 6.02. The second kappa shape index (κ2) is 8.35. The summed E-state index contributed by atoms with van der Waals surface area (Å²) in [5.41, 5.74) is 12.3. The SMILES string of the molecule is COc1ccc(-n2cc(C3CC(c4ccc(C)cc4)=NN3)c(-c3ccc(C)cc3)n2)cc1. The first kappa shape index (κ1) is 20.1. The molecule has 1 aliphatic rings. The molecular formula is C27H26N4O. The Morgan fingerprint density at radius 3 is 2.09 bits per heavy atom. The van der Waals surface area contributed by atoms with Crippen LogP contribution in [0.3, 0.4) is 0 Å². The average molecular weight is 423 g/mol. The maximum absolute atomic E-state index is 5.30. The molecule has 0 aliphatic carbocycles. The molecule has 1 atom stereocenters. The highest BCUT2D eigenvalue weighted by Gasteiger charge is 2.26. The molecule has 1 aliphatic heterocycles. The molecular weight excluding hydrogens is 396 g/mol. The summed E-state index contributed by atoms with van der Waals surface area (Å²) >= 11 is 0. The summed E-state index contributed by atoms with van der Waals surface area (Å²) in [6.07, 6.45) is 2.93. The quantitative estimate of drug-likeness (QED) is 0.455. The standard InChI is InChI=1S/C27H26N4O/c1-18-4-8-20(9-5-18)25-16-26(29-28-25)24-17-31(22-12-14-23(32-3)15-13-22)30-27(24)21-10-6-19(2)7-11-21/h4-15,17,26,29H,16H2,1-3H3. The van der Waals surface area contributed by atoms with Gasteiger partial charge in [-0.15, -0.1) is 0 Å². The highest BCUT2D eigenvalue weighted by atomic mass is 16.5. The van der Waals surface area contributed by atoms with Crippen LogP contribution in [0.25, 0.3) is 16.9 Å². The van der Waals surface area contributed by atoms with Crippen LogP contribution in [0.4, 0.5) is 0 Å². The summed E-state index contributed by atoms with van der Waals surface area (Å²) in [5.74, 6) is 0.827. The minimum Gasteiger partial charge on any atom is -0.497 e. The summed E-state index contributed by atoms with van der Waals surface area (Å²) in [7, 11) is 1.67. The zero-order valence-corrected chi connectivity index (χ0v) is 18.5. The normalized spacial score (nSPS) is 15.3. The van der Waals surface area contributed by atoms with E-state index in [9.17, 15) is 0 Å². The molecule has 0 fully saturated rings. The van der Waals surface area contributed by atoms with E-state index < -0.39 is 0 Å². The maximum Gasteiger partial charge on any atom is 0.119 e. The van der Waals surface area contributed by atoms with Crippen LogP contribution in [0.15, 0.2) is 84.1 Å². The molecule has 160 valence electrons. The summed E-state index contributed by atoms with van der Waals surface area (Å²) in [6, 6.07) is 25.1. The molecule has 4 aromatic rings. The molecule has 0 bridgehead atoms. The van der Waals surface area contributed by atoms with Gasteiger partial charge in [-0.05, 0) is 43.7 Å². The summed E-state index contributed by atoms with van der Waals surface area (Å²) in [5, 5.41) is 9.63. The van der Waals surface area contributed by atoms with Gasteiger partial charge < -0.3 is 10.2 Å². The molecule has 3 aromatic carbocycles. The van der Waals surface area contributed by atoms with Crippen LogP contribution >= 0.6 is 0 Å². The number of aromatic nitrogens is 2. The van der Waals surface area contributed by atoms with Crippen LogP contribution in [0.5, 0.6) is 5.75 Å². The fourth-order valence-corrected chi connectivity index (χ4v) is 3.99. The Bertz CT molecular complexity index is 1250. The minimum absolute atomic E-state index is 0.0644. The second-order valence-electron chi connectivity index (χ2n) is 8.25. The molecule has 0 saturated carbocycles. The van der Waals surface area contributed by atoms with Gasteiger partial charge >= 0.3 is 0 Å². The van der Waals surface area contributed by atoms with Crippen molar-refractivity contribution in [3.05, 3.63) is 101 Å². The van der Waals surface area contributed by atoms with E-state index in [4.69, 9.17) is 9.84 Å². The molecule has 2 heterocycles. The largest absolute Gasteiger partial charge is 0.497 e. The number of hydrogen-bond acceptors (Lipinski definition) is 4. The predicted molar refractivity (Wildman–Crippen MR) is 128 cm³/mol. The molecule has 1 unspecified atom stereocenters. The van der Waals surface area contributed by atoms with Crippen molar-refractivity contribution in [1.82, 2.24) is 15.2 Å². The van der Waals surface area contributed by atoms with E-state index in [1.807, 2.05) is 28.9 Å². The minimum atomic E-state index is 0.0644. The first-order chi connectivity index (χ1) is 15.6. The van der Waals surface area contributed by atoms with E-state index in [1.54, 1.807) is 7.11 Å². The van der Waals surface area contributed by atoms with E-state index in [0.717, 1.165) is 46.0 Å². The lowest BCUT2D eigenvalue weighted by atomic mass is 9.96. The first-order valence-electron chi connectivity index (χ1n) is 10.8. The van der Waals surface area contributed by atoms with Crippen LogP contribution < -0.4 is 10.2 Å². The molecule has 0 saturated heterocycles. The highest BCUT2D eigenvalue weighted by Crippen LogP contribution is 2.33. The fourth-order valence-electron chi connectivity index (χ4n) is 3.99. The fraction of sp³-hybridized carbons (Fsp3) is 0.185. The van der Waals surface area contributed by atoms with Crippen molar-refractivity contribution < 1.29 is 4.74 Å². The van der Waals surface area contributed by atoms with Gasteiger partial charge in [-0.2, -0.15) is 10.2 Å². The van der Waals surface area contributed by atoms with Gasteiger partial charge in [0.1, 0.15) is 5.75 Å². The van der Waals surface area contributed by atoms with E-state index in [2.05, 4.69) is 79.1 Å². The van der Waals surface area contributed by atoms with Crippen LogP contribution in [-0.4, -0.2) is 22.6 Å². The van der Waals surface area contributed by atoms with E-state index in [0.29, 0.717) is 0 Å². The van der Waals surface area contributed by atoms with Gasteiger partial charge in [0, 0.05) is 23.7 Å². The molecule has 0 spiro atoms. The Balaban J connectivity index is 1.50. The maximum atomic E-state index is 5.30. The predicted octanol–water partition coefficient (Wildman–Crippen LogP) is 5.60. The lowest BCUT2D eigenvalue weighted by molar-refractivity contribution is 0.414. The van der Waals surface area contributed by atoms with Gasteiger partial charge in [-0.1, -0.05) is 59.7 Å². The molecule has 5 heteroatoms. The lowest BCUT2D eigenvalue weighted by Gasteiger charge is -2.10. The first-order valence-corrected chi connectivity index (χ1v) is 10.8. The molecule has 5 rings (SSSR count). The van der Waals surface area contributed by atoms with Crippen LogP contribution in [-0.2, 0) is 0 Å². The summed E-state index contributed by atoms with van der Waals surface area (Å²) in [4.78, 5) is 0. The van der Waals surface area contributed by atoms with Gasteiger partial charge in [-0.3, -0.25) is 0 Å². The molecule has 1 N–H and O–H groups in total. The van der Waals surface area contributed by atoms with Crippen molar-refractivity contribution in [2.24, 2.45) is 5.10 Å². The Hall–Kier alpha value is -3.86. The van der Waals surface area contributed by atoms with Crippen molar-refractivity contribution in [2.75, 3.05) is 7.11 Å². The Morgan fingerprint density at radius 2 is 1.47 bits per heavy atom. The second-order valence-corrected chi connectivity index (χ2v) is 8.25. The number of aryl methyl sites for hydroxylation is 2. The number of nitrogens with zero attached hydrogens (tertiary/aromatic N) is 3. The summed E-state index contributed by atoms with van der Waals surface area (Å²) in [6.45, 7) is 4.20. The Morgan fingerprint density at radius 1 is 0.844 bits per heavy atom. The van der Waals surface area contributed by atoms with Gasteiger partial charge in [-0.25, -0.2) is 4.68 Å². The average Bonchev–Trinajstić information content (AvgIpc) is 3.48. The summed E-state index contributed by atoms with van der Waals surface area (Å²) < 4.78 is 7.24. The van der Waals surface area contributed by atoms with Gasteiger partial charge in [0.25, 0.3) is 0 Å². The van der Waals surface area contributed by atoms with Crippen molar-refractivity contribution >= 4 is 5.71 Å². The smallest absolute Gasteiger partial charge is 0.119 e. The van der Waals surface area contributed by atoms with E-state index in [1.165, 1.54) is 11.1 Å². The lowest BCUT2D eigenvalue weighted by Crippen LogP contribution is -2.10. The van der Waals surface area contributed by atoms with Crippen LogP contribution in [0, 0.1) is 13.8 Å². The van der Waals surface area contributed by atoms with Crippen molar-refractivity contribution in [3.63, 3.8) is 0 Å². The van der Waals surface area contributed by atoms with Crippen molar-refractivity contribution in [1.29, 1.82) is 0 Å². The van der Waals surface area contributed by atoms with E-state index >= 15 is 0 Å². The number of rotatable bonds is 5. The topological polar surface area (TPSA) is 51.4 Å². The third-order valence-electron chi connectivity index (χ3n) is 5.92.